The van der Waals surface area contributed by atoms with Gasteiger partial charge in [0.15, 0.2) is 5.96 Å². The van der Waals surface area contributed by atoms with Gasteiger partial charge in [-0.2, -0.15) is 0 Å². The zero-order chi connectivity index (χ0) is 17.4. The van der Waals surface area contributed by atoms with E-state index in [1.165, 1.54) is 25.1 Å². The van der Waals surface area contributed by atoms with Gasteiger partial charge in [0, 0.05) is 38.5 Å². The highest BCUT2D eigenvalue weighted by Gasteiger charge is 2.14. The van der Waals surface area contributed by atoms with E-state index in [0.29, 0.717) is 12.0 Å². The molecule has 0 aliphatic carbocycles. The fourth-order valence-corrected chi connectivity index (χ4v) is 2.86. The Morgan fingerprint density at radius 3 is 2.72 bits per heavy atom. The summed E-state index contributed by atoms with van der Waals surface area (Å²) in [5, 5.41) is 15.6. The number of hydrogen-bond donors (Lipinski definition) is 2. The van der Waals surface area contributed by atoms with Crippen LogP contribution in [0.3, 0.4) is 0 Å². The van der Waals surface area contributed by atoms with E-state index in [0.717, 1.165) is 50.7 Å². The van der Waals surface area contributed by atoms with E-state index >= 15 is 0 Å². The molecule has 1 aliphatic rings. The molecule has 2 N–H and O–H groups in total. The molecule has 1 aromatic heterocycles. The molecule has 0 saturated carbocycles. The minimum atomic E-state index is 0. The third-order valence-electron chi connectivity index (χ3n) is 4.72. The number of hydrogen-bond acceptors (Lipinski definition) is 3. The third kappa shape index (κ3) is 7.11. The monoisotopic (exact) mass is 462 g/mol. The predicted octanol–water partition coefficient (Wildman–Crippen LogP) is 3.15. The zero-order valence-corrected chi connectivity index (χ0v) is 18.5. The van der Waals surface area contributed by atoms with Crippen LogP contribution in [-0.4, -0.2) is 39.9 Å². The number of aryl methyl sites for hydroxylation is 2. The van der Waals surface area contributed by atoms with Crippen LogP contribution in [0.4, 0.5) is 0 Å². The van der Waals surface area contributed by atoms with Crippen molar-refractivity contribution >= 4 is 29.9 Å². The molecule has 6 nitrogen and oxygen atoms in total. The molecule has 1 unspecified atom stereocenters. The van der Waals surface area contributed by atoms with Crippen LogP contribution in [0.2, 0.25) is 0 Å². The average Bonchev–Trinajstić information content (AvgIpc) is 2.78. The molecule has 0 fully saturated rings. The lowest BCUT2D eigenvalue weighted by Crippen LogP contribution is -2.44. The average molecular weight is 462 g/mol. The summed E-state index contributed by atoms with van der Waals surface area (Å²) in [4.78, 5) is 4.70. The van der Waals surface area contributed by atoms with Gasteiger partial charge < -0.3 is 15.2 Å². The lowest BCUT2D eigenvalue weighted by atomic mass is 10.1. The number of nitrogens with one attached hydrogen (secondary N) is 2. The second-order valence-corrected chi connectivity index (χ2v) is 7.04. The summed E-state index contributed by atoms with van der Waals surface area (Å²) in [6.07, 6.45) is 6.83. The lowest BCUT2D eigenvalue weighted by Gasteiger charge is -2.20. The van der Waals surface area contributed by atoms with E-state index in [2.05, 4.69) is 53.1 Å². The largest absolute Gasteiger partial charge is 0.357 e. The van der Waals surface area contributed by atoms with Crippen LogP contribution >= 0.6 is 24.0 Å². The van der Waals surface area contributed by atoms with E-state index in [1.54, 1.807) is 0 Å². The summed E-state index contributed by atoms with van der Waals surface area (Å²) < 4.78 is 2.33. The molecule has 1 aliphatic heterocycles. The first-order valence-corrected chi connectivity index (χ1v) is 9.57. The van der Waals surface area contributed by atoms with Crippen molar-refractivity contribution in [3.63, 3.8) is 0 Å². The Hall–Kier alpha value is -0.860. The van der Waals surface area contributed by atoms with Crippen LogP contribution in [0.1, 0.15) is 65.0 Å². The molecule has 1 atom stereocenters. The quantitative estimate of drug-likeness (QED) is 0.283. The van der Waals surface area contributed by atoms with Gasteiger partial charge in [0.05, 0.1) is 0 Å². The Kier molecular flexibility index (Phi) is 10.4. The van der Waals surface area contributed by atoms with Crippen molar-refractivity contribution in [2.75, 3.05) is 13.1 Å². The highest BCUT2D eigenvalue weighted by atomic mass is 127. The second-order valence-electron chi connectivity index (χ2n) is 7.04. The van der Waals surface area contributed by atoms with Crippen LogP contribution in [0, 0.1) is 5.92 Å². The molecule has 0 spiro atoms. The molecule has 0 saturated heterocycles. The van der Waals surface area contributed by atoms with Crippen LogP contribution in [0.15, 0.2) is 4.99 Å². The smallest absolute Gasteiger partial charge is 0.191 e. The minimum absolute atomic E-state index is 0. The van der Waals surface area contributed by atoms with Gasteiger partial charge in [-0.3, -0.25) is 4.99 Å². The van der Waals surface area contributed by atoms with E-state index in [9.17, 15) is 0 Å². The summed E-state index contributed by atoms with van der Waals surface area (Å²) in [7, 11) is 0. The first kappa shape index (κ1) is 22.2. The molecule has 0 amide bonds. The Balaban J connectivity index is 0.00000312. The number of aliphatic imine (C=N–C) groups is 1. The first-order chi connectivity index (χ1) is 11.6. The maximum absolute atomic E-state index is 4.70. The Labute approximate surface area is 169 Å². The maximum atomic E-state index is 4.70. The van der Waals surface area contributed by atoms with Gasteiger partial charge in [-0.1, -0.05) is 20.3 Å². The Morgan fingerprint density at radius 1 is 1.20 bits per heavy atom. The fourth-order valence-electron chi connectivity index (χ4n) is 2.86. The summed E-state index contributed by atoms with van der Waals surface area (Å²) in [5.74, 6) is 3.81. The standard InChI is InChI=1S/C18H34N6.HI/c1-5-19-18(21-15(4)14(2)3)20-12-9-11-17-23-22-16-10-7-6-8-13-24(16)17;/h14-15H,5-13H2,1-4H3,(H2,19,20,21);1H. The predicted molar refractivity (Wildman–Crippen MR) is 115 cm³/mol. The maximum Gasteiger partial charge on any atom is 0.191 e. The number of guanidine groups is 1. The normalized spacial score (nSPS) is 16.0. The van der Waals surface area contributed by atoms with Crippen molar-refractivity contribution in [1.82, 2.24) is 25.4 Å². The molecule has 2 rings (SSSR count). The first-order valence-electron chi connectivity index (χ1n) is 9.57. The molecular weight excluding hydrogens is 427 g/mol. The SMILES string of the molecule is CCNC(=NCCCc1nnc2n1CCCCC2)NC(C)C(C)C.I. The number of nitrogens with zero attached hydrogens (tertiary/aromatic N) is 4. The summed E-state index contributed by atoms with van der Waals surface area (Å²) >= 11 is 0. The molecule has 0 radical (unpaired) electrons. The number of aromatic nitrogens is 3. The summed E-state index contributed by atoms with van der Waals surface area (Å²) in [6.45, 7) is 11.5. The van der Waals surface area contributed by atoms with Crippen LogP contribution in [0.5, 0.6) is 0 Å². The van der Waals surface area contributed by atoms with E-state index in [1.807, 2.05) is 0 Å². The fraction of sp³-hybridized carbons (Fsp3) is 0.833. The Bertz CT molecular complexity index is 526. The number of fused-ring (bicyclic) bond motifs is 1. The zero-order valence-electron chi connectivity index (χ0n) is 16.2. The van der Waals surface area contributed by atoms with Crippen molar-refractivity contribution in [1.29, 1.82) is 0 Å². The topological polar surface area (TPSA) is 67.1 Å². The van der Waals surface area contributed by atoms with Gasteiger partial charge in [-0.15, -0.1) is 34.2 Å². The lowest BCUT2D eigenvalue weighted by molar-refractivity contribution is 0.481. The van der Waals surface area contributed by atoms with E-state index in [4.69, 9.17) is 4.99 Å². The van der Waals surface area contributed by atoms with Gasteiger partial charge in [-0.25, -0.2) is 0 Å². The molecule has 0 aromatic carbocycles. The van der Waals surface area contributed by atoms with Crippen LogP contribution in [-0.2, 0) is 19.4 Å². The number of rotatable bonds is 7. The van der Waals surface area contributed by atoms with Gasteiger partial charge in [0.2, 0.25) is 0 Å². The highest BCUT2D eigenvalue weighted by molar-refractivity contribution is 14.0. The molecule has 144 valence electrons. The summed E-state index contributed by atoms with van der Waals surface area (Å²) in [6, 6.07) is 0.412. The number of halogens is 1. The van der Waals surface area contributed by atoms with Crippen molar-refractivity contribution < 1.29 is 0 Å². The molecule has 1 aromatic rings. The van der Waals surface area contributed by atoms with Crippen molar-refractivity contribution in [2.45, 2.75) is 78.8 Å². The van der Waals surface area contributed by atoms with E-state index < -0.39 is 0 Å². The molecule has 0 bridgehead atoms. The van der Waals surface area contributed by atoms with Crippen molar-refractivity contribution in [2.24, 2.45) is 10.9 Å². The Morgan fingerprint density at radius 2 is 2.00 bits per heavy atom. The van der Waals surface area contributed by atoms with Gasteiger partial charge in [0.1, 0.15) is 11.6 Å². The van der Waals surface area contributed by atoms with Crippen LogP contribution < -0.4 is 10.6 Å². The summed E-state index contributed by atoms with van der Waals surface area (Å²) in [5.41, 5.74) is 0. The molecule has 7 heteroatoms. The minimum Gasteiger partial charge on any atom is -0.357 e. The van der Waals surface area contributed by atoms with Crippen LogP contribution in [0.25, 0.3) is 0 Å². The second kappa shape index (κ2) is 11.7. The van der Waals surface area contributed by atoms with Crippen molar-refractivity contribution in [3.05, 3.63) is 11.6 Å². The van der Waals surface area contributed by atoms with Gasteiger partial charge >= 0.3 is 0 Å². The molecule has 2 heterocycles. The van der Waals surface area contributed by atoms with Gasteiger partial charge in [0.25, 0.3) is 0 Å². The molecule has 25 heavy (non-hydrogen) atoms. The highest BCUT2D eigenvalue weighted by Crippen LogP contribution is 2.15. The molecular formula is C18H35IN6. The van der Waals surface area contributed by atoms with Crippen molar-refractivity contribution in [3.8, 4) is 0 Å². The third-order valence-corrected chi connectivity index (χ3v) is 4.72. The van der Waals surface area contributed by atoms with Gasteiger partial charge in [-0.05, 0) is 39.0 Å². The van der Waals surface area contributed by atoms with E-state index in [-0.39, 0.29) is 24.0 Å².